The number of rotatable bonds is 6. The van der Waals surface area contributed by atoms with Gasteiger partial charge in [-0.25, -0.2) is 8.42 Å². The van der Waals surface area contributed by atoms with Crippen molar-refractivity contribution in [3.05, 3.63) is 83.4 Å². The number of sulfonamides is 1. The lowest BCUT2D eigenvalue weighted by Gasteiger charge is -2.20. The lowest BCUT2D eigenvalue weighted by atomic mass is 10.1. The fraction of sp³-hybridized carbons (Fsp3) is 0.174. The predicted molar refractivity (Wildman–Crippen MR) is 124 cm³/mol. The highest BCUT2D eigenvalue weighted by Gasteiger charge is 2.21. The Morgan fingerprint density at radius 1 is 0.933 bits per heavy atom. The molecule has 0 aliphatic carbocycles. The van der Waals surface area contributed by atoms with Crippen molar-refractivity contribution in [2.45, 2.75) is 23.6 Å². The van der Waals surface area contributed by atoms with Gasteiger partial charge in [0, 0.05) is 23.2 Å². The highest BCUT2D eigenvalue weighted by atomic mass is 32.2. The molecule has 0 aliphatic rings. The van der Waals surface area contributed by atoms with Crippen molar-refractivity contribution in [3.63, 3.8) is 0 Å². The first kappa shape index (κ1) is 21.9. The molecule has 0 bridgehead atoms. The van der Waals surface area contributed by atoms with Crippen molar-refractivity contribution in [2.24, 2.45) is 0 Å². The normalized spacial score (nSPS) is 11.2. The maximum absolute atomic E-state index is 12.9. The number of aryl methyl sites for hydroxylation is 2. The second-order valence-corrected chi connectivity index (χ2v) is 9.82. The zero-order chi connectivity index (χ0) is 21.9. The molecule has 156 valence electrons. The van der Waals surface area contributed by atoms with Crippen LogP contribution in [0.3, 0.4) is 0 Å². The van der Waals surface area contributed by atoms with E-state index < -0.39 is 10.0 Å². The van der Waals surface area contributed by atoms with Gasteiger partial charge in [-0.15, -0.1) is 11.8 Å². The molecule has 0 aromatic heterocycles. The zero-order valence-corrected chi connectivity index (χ0v) is 19.0. The van der Waals surface area contributed by atoms with Gasteiger partial charge in [0.1, 0.15) is 0 Å². The molecule has 0 saturated heterocycles. The van der Waals surface area contributed by atoms with E-state index in [0.717, 1.165) is 21.7 Å². The van der Waals surface area contributed by atoms with Gasteiger partial charge in [-0.05, 0) is 85.8 Å². The van der Waals surface area contributed by atoms with Crippen molar-refractivity contribution >= 4 is 39.1 Å². The van der Waals surface area contributed by atoms with Crippen LogP contribution in [0.2, 0.25) is 0 Å². The Bertz CT molecular complexity index is 1160. The summed E-state index contributed by atoms with van der Waals surface area (Å²) in [5.74, 6) is -0.242. The van der Waals surface area contributed by atoms with E-state index in [1.54, 1.807) is 60.3 Å². The highest BCUT2D eigenvalue weighted by Crippen LogP contribution is 2.25. The Kier molecular flexibility index (Phi) is 6.53. The fourth-order valence-electron chi connectivity index (χ4n) is 2.93. The molecule has 0 saturated carbocycles. The Morgan fingerprint density at radius 3 is 2.17 bits per heavy atom. The smallest absolute Gasteiger partial charge is 0.264 e. The first-order valence-corrected chi connectivity index (χ1v) is 12.0. The number of thioether (sulfide) groups is 1. The first-order valence-electron chi connectivity index (χ1n) is 9.34. The lowest BCUT2D eigenvalue weighted by molar-refractivity contribution is 0.102. The number of anilines is 2. The van der Waals surface area contributed by atoms with E-state index in [2.05, 4.69) is 5.32 Å². The van der Waals surface area contributed by atoms with Crippen LogP contribution >= 0.6 is 11.8 Å². The van der Waals surface area contributed by atoms with Gasteiger partial charge >= 0.3 is 0 Å². The third-order valence-corrected chi connectivity index (χ3v) is 7.40. The van der Waals surface area contributed by atoms with Gasteiger partial charge in [0.15, 0.2) is 0 Å². The SMILES string of the molecule is CSc1ccc(S(=O)(=O)N(C)c2ccc(C(=O)Nc3cc(C)ccc3C)cc2)cc1. The van der Waals surface area contributed by atoms with E-state index in [1.165, 1.54) is 11.4 Å². The van der Waals surface area contributed by atoms with Crippen LogP contribution in [0.1, 0.15) is 21.5 Å². The summed E-state index contributed by atoms with van der Waals surface area (Å²) in [7, 11) is -2.18. The summed E-state index contributed by atoms with van der Waals surface area (Å²) < 4.78 is 27.0. The number of carbonyl (C=O) groups excluding carboxylic acids is 1. The van der Waals surface area contributed by atoms with Crippen LogP contribution in [0.15, 0.2) is 76.5 Å². The van der Waals surface area contributed by atoms with Crippen molar-refractivity contribution in [1.29, 1.82) is 0 Å². The van der Waals surface area contributed by atoms with Gasteiger partial charge in [-0.3, -0.25) is 9.10 Å². The molecule has 7 heteroatoms. The number of amides is 1. The maximum Gasteiger partial charge on any atom is 0.264 e. The van der Waals surface area contributed by atoms with Crippen molar-refractivity contribution < 1.29 is 13.2 Å². The van der Waals surface area contributed by atoms with E-state index >= 15 is 0 Å². The molecule has 1 N–H and O–H groups in total. The van der Waals surface area contributed by atoms with E-state index in [1.807, 2.05) is 38.3 Å². The van der Waals surface area contributed by atoms with Crippen molar-refractivity contribution in [1.82, 2.24) is 0 Å². The van der Waals surface area contributed by atoms with E-state index in [9.17, 15) is 13.2 Å². The van der Waals surface area contributed by atoms with Crippen LogP contribution in [-0.2, 0) is 10.0 Å². The van der Waals surface area contributed by atoms with Gasteiger partial charge in [-0.2, -0.15) is 0 Å². The molecular formula is C23H24N2O3S2. The largest absolute Gasteiger partial charge is 0.322 e. The third-order valence-electron chi connectivity index (χ3n) is 4.85. The van der Waals surface area contributed by atoms with Gasteiger partial charge in [-0.1, -0.05) is 12.1 Å². The summed E-state index contributed by atoms with van der Waals surface area (Å²) in [4.78, 5) is 13.8. The maximum atomic E-state index is 12.9. The monoisotopic (exact) mass is 440 g/mol. The second-order valence-electron chi connectivity index (χ2n) is 6.97. The number of carbonyl (C=O) groups is 1. The predicted octanol–water partition coefficient (Wildman–Crippen LogP) is 5.10. The number of hydrogen-bond acceptors (Lipinski definition) is 4. The Labute approximate surface area is 182 Å². The number of nitrogens with zero attached hydrogens (tertiary/aromatic N) is 1. The molecule has 0 fully saturated rings. The number of nitrogens with one attached hydrogen (secondary N) is 1. The summed E-state index contributed by atoms with van der Waals surface area (Å²) in [6.45, 7) is 3.90. The molecule has 5 nitrogen and oxygen atoms in total. The summed E-state index contributed by atoms with van der Waals surface area (Å²) in [6, 6.07) is 19.1. The van der Waals surface area contributed by atoms with Gasteiger partial charge in [0.25, 0.3) is 15.9 Å². The average Bonchev–Trinajstić information content (AvgIpc) is 2.75. The second kappa shape index (κ2) is 8.93. The summed E-state index contributed by atoms with van der Waals surface area (Å²) in [5, 5.41) is 2.91. The van der Waals surface area contributed by atoms with Crippen molar-refractivity contribution in [2.75, 3.05) is 22.9 Å². The highest BCUT2D eigenvalue weighted by molar-refractivity contribution is 7.98. The van der Waals surface area contributed by atoms with Gasteiger partial charge in [0.2, 0.25) is 0 Å². The minimum Gasteiger partial charge on any atom is -0.322 e. The fourth-order valence-corrected chi connectivity index (χ4v) is 4.54. The van der Waals surface area contributed by atoms with E-state index in [0.29, 0.717) is 11.3 Å². The van der Waals surface area contributed by atoms with Crippen LogP contribution in [-0.4, -0.2) is 27.6 Å². The van der Waals surface area contributed by atoms with Gasteiger partial charge in [0.05, 0.1) is 10.6 Å². The van der Waals surface area contributed by atoms with E-state index in [-0.39, 0.29) is 10.8 Å². The molecule has 0 aliphatic heterocycles. The Hall–Kier alpha value is -2.77. The van der Waals surface area contributed by atoms with Crippen LogP contribution in [0, 0.1) is 13.8 Å². The van der Waals surface area contributed by atoms with Crippen LogP contribution in [0.25, 0.3) is 0 Å². The molecule has 1 amide bonds. The minimum absolute atomic E-state index is 0.222. The molecule has 3 aromatic carbocycles. The molecule has 3 aromatic rings. The molecule has 0 radical (unpaired) electrons. The number of benzene rings is 3. The Balaban J connectivity index is 1.78. The van der Waals surface area contributed by atoms with Crippen LogP contribution < -0.4 is 9.62 Å². The first-order chi connectivity index (χ1) is 14.2. The third kappa shape index (κ3) is 4.68. The number of hydrogen-bond donors (Lipinski definition) is 1. The van der Waals surface area contributed by atoms with Crippen LogP contribution in [0.4, 0.5) is 11.4 Å². The van der Waals surface area contributed by atoms with Crippen molar-refractivity contribution in [3.8, 4) is 0 Å². The molecule has 30 heavy (non-hydrogen) atoms. The standard InChI is InChI=1S/C23H24N2O3S2/c1-16-5-6-17(2)22(15-16)24-23(26)18-7-9-19(10-8-18)25(3)30(27,28)21-13-11-20(29-4)12-14-21/h5-15H,1-4H3,(H,24,26). The summed E-state index contributed by atoms with van der Waals surface area (Å²) in [5.41, 5.74) is 3.73. The molecule has 0 atom stereocenters. The van der Waals surface area contributed by atoms with Crippen LogP contribution in [0.5, 0.6) is 0 Å². The lowest BCUT2D eigenvalue weighted by Crippen LogP contribution is -2.26. The molecule has 0 heterocycles. The van der Waals surface area contributed by atoms with E-state index in [4.69, 9.17) is 0 Å². The Morgan fingerprint density at radius 2 is 1.57 bits per heavy atom. The molecular weight excluding hydrogens is 416 g/mol. The summed E-state index contributed by atoms with van der Waals surface area (Å²) >= 11 is 1.55. The molecule has 3 rings (SSSR count). The molecule has 0 spiro atoms. The average molecular weight is 441 g/mol. The summed E-state index contributed by atoms with van der Waals surface area (Å²) in [6.07, 6.45) is 1.94. The molecule has 0 unspecified atom stereocenters. The minimum atomic E-state index is -3.69. The zero-order valence-electron chi connectivity index (χ0n) is 17.3. The topological polar surface area (TPSA) is 66.5 Å². The van der Waals surface area contributed by atoms with Gasteiger partial charge < -0.3 is 5.32 Å². The quantitative estimate of drug-likeness (QED) is 0.542.